The van der Waals surface area contributed by atoms with Crippen LogP contribution in [-0.4, -0.2) is 52.7 Å². The topological polar surface area (TPSA) is 66.4 Å². The van der Waals surface area contributed by atoms with Crippen LogP contribution in [0.5, 0.6) is 0 Å². The Morgan fingerprint density at radius 1 is 0.806 bits per heavy atom. The summed E-state index contributed by atoms with van der Waals surface area (Å²) < 4.78 is 0. The van der Waals surface area contributed by atoms with Crippen molar-refractivity contribution in [2.24, 2.45) is 0 Å². The maximum Gasteiger partial charge on any atom is 0.254 e. The SMILES string of the molecule is O=C(c1ccccc1)c1ccccc1C(=O)N1CCN(c2ncnc3sccc23)CC1. The standard InChI is InChI=1S/C24H20N4O2S/c29-21(17-6-2-1-3-7-17)18-8-4-5-9-19(18)24(30)28-13-11-27(12-14-28)22-20-10-15-31-23(20)26-16-25-22/h1-10,15-16H,11-14H2. The Labute approximate surface area is 183 Å². The molecule has 0 aliphatic carbocycles. The highest BCUT2D eigenvalue weighted by molar-refractivity contribution is 7.16. The normalized spacial score (nSPS) is 14.1. The number of hydrogen-bond acceptors (Lipinski definition) is 6. The molecule has 2 aromatic carbocycles. The van der Waals surface area contributed by atoms with E-state index in [9.17, 15) is 9.59 Å². The fourth-order valence-corrected chi connectivity index (χ4v) is 4.66. The van der Waals surface area contributed by atoms with Crippen molar-refractivity contribution < 1.29 is 9.59 Å². The van der Waals surface area contributed by atoms with Crippen LogP contribution in [0.1, 0.15) is 26.3 Å². The summed E-state index contributed by atoms with van der Waals surface area (Å²) in [6.45, 7) is 2.51. The van der Waals surface area contributed by atoms with Gasteiger partial charge >= 0.3 is 0 Å². The summed E-state index contributed by atoms with van der Waals surface area (Å²) in [5.41, 5.74) is 1.47. The Balaban J connectivity index is 1.35. The summed E-state index contributed by atoms with van der Waals surface area (Å²) in [5, 5.41) is 3.06. The minimum absolute atomic E-state index is 0.108. The van der Waals surface area contributed by atoms with Crippen LogP contribution in [0.4, 0.5) is 5.82 Å². The summed E-state index contributed by atoms with van der Waals surface area (Å²) >= 11 is 1.60. The molecular formula is C24H20N4O2S. The van der Waals surface area contributed by atoms with Gasteiger partial charge in [-0.3, -0.25) is 9.59 Å². The van der Waals surface area contributed by atoms with E-state index in [1.807, 2.05) is 34.5 Å². The van der Waals surface area contributed by atoms with Gasteiger partial charge < -0.3 is 9.80 Å². The molecule has 0 spiro atoms. The molecule has 0 unspecified atom stereocenters. The lowest BCUT2D eigenvalue weighted by Gasteiger charge is -2.35. The Morgan fingerprint density at radius 2 is 1.52 bits per heavy atom. The largest absolute Gasteiger partial charge is 0.352 e. The number of amides is 1. The quantitative estimate of drug-likeness (QED) is 0.462. The number of nitrogens with zero attached hydrogens (tertiary/aromatic N) is 4. The third-order valence-electron chi connectivity index (χ3n) is 5.55. The second kappa shape index (κ2) is 8.28. The van der Waals surface area contributed by atoms with Crippen molar-refractivity contribution >= 4 is 39.1 Å². The van der Waals surface area contributed by atoms with Crippen LogP contribution in [0, 0.1) is 0 Å². The molecule has 7 heteroatoms. The molecule has 5 rings (SSSR count). The van der Waals surface area contributed by atoms with Crippen LogP contribution >= 0.6 is 11.3 Å². The van der Waals surface area contributed by atoms with Gasteiger partial charge in [0.2, 0.25) is 0 Å². The highest BCUT2D eigenvalue weighted by Crippen LogP contribution is 2.27. The molecule has 0 N–H and O–H groups in total. The summed E-state index contributed by atoms with van der Waals surface area (Å²) in [6.07, 6.45) is 1.59. The number of piperazine rings is 1. The van der Waals surface area contributed by atoms with E-state index >= 15 is 0 Å². The zero-order chi connectivity index (χ0) is 21.2. The maximum atomic E-state index is 13.3. The van der Waals surface area contributed by atoms with E-state index in [0.717, 1.165) is 16.0 Å². The van der Waals surface area contributed by atoms with Crippen molar-refractivity contribution in [3.63, 3.8) is 0 Å². The lowest BCUT2D eigenvalue weighted by atomic mass is 9.97. The van der Waals surface area contributed by atoms with Gasteiger partial charge in [0.25, 0.3) is 5.91 Å². The first-order valence-electron chi connectivity index (χ1n) is 10.1. The van der Waals surface area contributed by atoms with Gasteiger partial charge in [-0.25, -0.2) is 9.97 Å². The van der Waals surface area contributed by atoms with Crippen molar-refractivity contribution in [1.29, 1.82) is 0 Å². The summed E-state index contributed by atoms with van der Waals surface area (Å²) in [5.74, 6) is 0.671. The van der Waals surface area contributed by atoms with E-state index in [1.165, 1.54) is 0 Å². The lowest BCUT2D eigenvalue weighted by molar-refractivity contribution is 0.0742. The second-order valence-corrected chi connectivity index (χ2v) is 8.25. The van der Waals surface area contributed by atoms with E-state index in [0.29, 0.717) is 42.9 Å². The smallest absolute Gasteiger partial charge is 0.254 e. The molecule has 154 valence electrons. The van der Waals surface area contributed by atoms with Gasteiger partial charge in [-0.05, 0) is 17.5 Å². The number of fused-ring (bicyclic) bond motifs is 1. The highest BCUT2D eigenvalue weighted by atomic mass is 32.1. The predicted molar refractivity (Wildman–Crippen MR) is 122 cm³/mol. The Bertz CT molecular complexity index is 1250. The average Bonchev–Trinajstić information content (AvgIpc) is 3.33. The van der Waals surface area contributed by atoms with Crippen LogP contribution in [0.2, 0.25) is 0 Å². The van der Waals surface area contributed by atoms with Crippen molar-refractivity contribution in [1.82, 2.24) is 14.9 Å². The zero-order valence-corrected chi connectivity index (χ0v) is 17.6. The van der Waals surface area contributed by atoms with Crippen LogP contribution < -0.4 is 4.90 Å². The first-order valence-corrected chi connectivity index (χ1v) is 11.0. The van der Waals surface area contributed by atoms with Gasteiger partial charge in [-0.2, -0.15) is 0 Å². The average molecular weight is 429 g/mol. The molecule has 1 amide bonds. The first kappa shape index (κ1) is 19.4. The molecule has 3 heterocycles. The van der Waals surface area contributed by atoms with E-state index in [-0.39, 0.29) is 11.7 Å². The van der Waals surface area contributed by atoms with Crippen LogP contribution in [0.15, 0.2) is 72.4 Å². The minimum atomic E-state index is -0.135. The second-order valence-electron chi connectivity index (χ2n) is 7.36. The Hall–Kier alpha value is -3.58. The molecule has 0 bridgehead atoms. The molecule has 4 aromatic rings. The Kier molecular flexibility index (Phi) is 5.18. The molecule has 1 saturated heterocycles. The van der Waals surface area contributed by atoms with Crippen molar-refractivity contribution in [3.05, 3.63) is 89.1 Å². The van der Waals surface area contributed by atoms with Crippen molar-refractivity contribution in [2.45, 2.75) is 0 Å². The van der Waals surface area contributed by atoms with E-state index < -0.39 is 0 Å². The number of thiophene rings is 1. The molecule has 1 aliphatic rings. The minimum Gasteiger partial charge on any atom is -0.352 e. The molecule has 0 atom stereocenters. The van der Waals surface area contributed by atoms with Crippen LogP contribution in [-0.2, 0) is 0 Å². The third kappa shape index (κ3) is 3.68. The number of carbonyl (C=O) groups excluding carboxylic acids is 2. The van der Waals surface area contributed by atoms with Crippen LogP contribution in [0.3, 0.4) is 0 Å². The summed E-state index contributed by atoms with van der Waals surface area (Å²) in [7, 11) is 0. The fraction of sp³-hybridized carbons (Fsp3) is 0.167. The first-order chi connectivity index (χ1) is 15.2. The van der Waals surface area contributed by atoms with Crippen molar-refractivity contribution in [3.8, 4) is 0 Å². The van der Waals surface area contributed by atoms with Crippen molar-refractivity contribution in [2.75, 3.05) is 31.1 Å². The molecule has 0 radical (unpaired) electrons. The number of anilines is 1. The molecule has 0 saturated carbocycles. The number of benzene rings is 2. The van der Waals surface area contributed by atoms with Gasteiger partial charge in [-0.15, -0.1) is 11.3 Å². The zero-order valence-electron chi connectivity index (χ0n) is 16.8. The summed E-state index contributed by atoms with van der Waals surface area (Å²) in [6, 6.07) is 18.2. The molecule has 6 nitrogen and oxygen atoms in total. The number of aromatic nitrogens is 2. The number of ketones is 1. The maximum absolute atomic E-state index is 13.3. The van der Waals surface area contributed by atoms with Gasteiger partial charge in [0.05, 0.1) is 10.9 Å². The highest BCUT2D eigenvalue weighted by Gasteiger charge is 2.27. The number of hydrogen-bond donors (Lipinski definition) is 0. The molecule has 2 aromatic heterocycles. The van der Waals surface area contributed by atoms with Gasteiger partial charge in [0.15, 0.2) is 5.78 Å². The van der Waals surface area contributed by atoms with Gasteiger partial charge in [-0.1, -0.05) is 48.5 Å². The third-order valence-corrected chi connectivity index (χ3v) is 6.37. The van der Waals surface area contributed by atoms with E-state index in [1.54, 1.807) is 54.1 Å². The molecule has 1 aliphatic heterocycles. The van der Waals surface area contributed by atoms with E-state index in [2.05, 4.69) is 14.9 Å². The predicted octanol–water partition coefficient (Wildman–Crippen LogP) is 3.88. The molecule has 31 heavy (non-hydrogen) atoms. The summed E-state index contributed by atoms with van der Waals surface area (Å²) in [4.78, 5) is 40.1. The lowest BCUT2D eigenvalue weighted by Crippen LogP contribution is -2.49. The number of rotatable bonds is 4. The Morgan fingerprint density at radius 3 is 2.29 bits per heavy atom. The van der Waals surface area contributed by atoms with E-state index in [4.69, 9.17) is 0 Å². The monoisotopic (exact) mass is 428 g/mol. The molecule has 1 fully saturated rings. The van der Waals surface area contributed by atoms with Gasteiger partial charge in [0.1, 0.15) is 17.0 Å². The molecular weight excluding hydrogens is 408 g/mol. The van der Waals surface area contributed by atoms with Crippen LogP contribution in [0.25, 0.3) is 10.2 Å². The van der Waals surface area contributed by atoms with Gasteiger partial charge in [0, 0.05) is 37.3 Å². The fourth-order valence-electron chi connectivity index (χ4n) is 3.93. The number of carbonyl (C=O) groups is 2.